The zero-order chi connectivity index (χ0) is 30.1. The summed E-state index contributed by atoms with van der Waals surface area (Å²) in [6.45, 7) is 3.81. The zero-order valence-corrected chi connectivity index (χ0v) is 23.5. The summed E-state index contributed by atoms with van der Waals surface area (Å²) in [6.07, 6.45) is 3.58. The predicted molar refractivity (Wildman–Crippen MR) is 144 cm³/mol. The molecule has 1 fully saturated rings. The predicted octanol–water partition coefficient (Wildman–Crippen LogP) is 3.11. The first-order valence-corrected chi connectivity index (χ1v) is 14.0. The fourth-order valence-electron chi connectivity index (χ4n) is 4.41. The summed E-state index contributed by atoms with van der Waals surface area (Å²) in [6, 6.07) is 3.42. The van der Waals surface area contributed by atoms with Crippen LogP contribution in [0.25, 0.3) is 11.0 Å². The number of carbonyl (C=O) groups excluding carboxylic acids is 1. The van der Waals surface area contributed by atoms with Crippen molar-refractivity contribution in [1.29, 1.82) is 0 Å². The van der Waals surface area contributed by atoms with E-state index in [2.05, 4.69) is 21.0 Å². The standard InChI is InChI=1S/C26H30F2N5O7P/c1-6-15-11-33(23-19(15)22(29)30-13-31-23)25-26(4,28)21(34)18(39-25)12-38-41(36,32-20(14(2)3)24(35)37-5)40-17-9-7-16(27)8-10-17/h1,7-11,13-14,18,20-21,25,34H,12H2,2-5H3,(H,32,36)(H2,29,30,31)/t18-,20?,21-,25-,26-,41?/m1/s1. The van der Waals surface area contributed by atoms with Crippen molar-refractivity contribution in [2.75, 3.05) is 19.5 Å². The maximum atomic E-state index is 16.0. The van der Waals surface area contributed by atoms with Crippen LogP contribution in [0, 0.1) is 24.1 Å². The molecule has 0 bridgehead atoms. The number of nitrogens with two attached hydrogens (primary N) is 1. The Morgan fingerprint density at radius 3 is 2.66 bits per heavy atom. The Labute approximate surface area is 234 Å². The number of aliphatic hydroxyl groups is 1. The van der Waals surface area contributed by atoms with Gasteiger partial charge < -0.3 is 29.4 Å². The number of halogens is 2. The highest BCUT2D eigenvalue weighted by Crippen LogP contribution is 2.48. The highest BCUT2D eigenvalue weighted by molar-refractivity contribution is 7.52. The molecule has 12 nitrogen and oxygen atoms in total. The third kappa shape index (κ3) is 6.05. The molecule has 1 aromatic carbocycles. The van der Waals surface area contributed by atoms with Crippen molar-refractivity contribution >= 4 is 30.6 Å². The number of fused-ring (bicyclic) bond motifs is 1. The van der Waals surface area contributed by atoms with Crippen LogP contribution < -0.4 is 15.3 Å². The number of aromatic nitrogens is 3. The lowest BCUT2D eigenvalue weighted by Gasteiger charge is -2.27. The van der Waals surface area contributed by atoms with E-state index < -0.39 is 62.2 Å². The first kappa shape index (κ1) is 30.4. The van der Waals surface area contributed by atoms with Crippen molar-refractivity contribution in [2.45, 2.75) is 50.9 Å². The molecule has 6 atom stereocenters. The van der Waals surface area contributed by atoms with Crippen LogP contribution in [0.3, 0.4) is 0 Å². The molecule has 0 radical (unpaired) electrons. The molecule has 4 N–H and O–H groups in total. The number of benzene rings is 1. The molecular formula is C26H30F2N5O7P. The average Bonchev–Trinajstić information content (AvgIpc) is 3.41. The number of alkyl halides is 1. The van der Waals surface area contributed by atoms with Gasteiger partial charge in [-0.25, -0.2) is 23.3 Å². The van der Waals surface area contributed by atoms with Crippen molar-refractivity contribution < 1.29 is 41.8 Å². The van der Waals surface area contributed by atoms with Crippen molar-refractivity contribution in [2.24, 2.45) is 5.92 Å². The molecule has 2 aromatic heterocycles. The minimum atomic E-state index is -4.45. The summed E-state index contributed by atoms with van der Waals surface area (Å²) < 4.78 is 66.4. The largest absolute Gasteiger partial charge is 0.468 e. The van der Waals surface area contributed by atoms with Gasteiger partial charge in [0.2, 0.25) is 0 Å². The second kappa shape index (κ2) is 11.7. The summed E-state index contributed by atoms with van der Waals surface area (Å²) in [5.41, 5.74) is 4.01. The molecule has 0 saturated carbocycles. The van der Waals surface area contributed by atoms with Crippen molar-refractivity contribution in [3.05, 3.63) is 48.2 Å². The number of terminal acetylenes is 1. The molecule has 220 valence electrons. The van der Waals surface area contributed by atoms with Crippen LogP contribution in [-0.2, 0) is 23.4 Å². The van der Waals surface area contributed by atoms with Gasteiger partial charge >= 0.3 is 13.7 Å². The number of nitrogen functional groups attached to an aromatic ring is 1. The van der Waals surface area contributed by atoms with E-state index in [4.69, 9.17) is 30.7 Å². The normalized spacial score (nSPS) is 24.6. The molecule has 0 amide bonds. The molecule has 0 aliphatic carbocycles. The molecule has 1 aliphatic heterocycles. The lowest BCUT2D eigenvalue weighted by atomic mass is 9.98. The number of rotatable bonds is 10. The zero-order valence-electron chi connectivity index (χ0n) is 22.7. The second-order valence-corrected chi connectivity index (χ2v) is 11.6. The van der Waals surface area contributed by atoms with Crippen molar-refractivity contribution in [1.82, 2.24) is 19.6 Å². The average molecular weight is 594 g/mol. The molecule has 1 saturated heterocycles. The summed E-state index contributed by atoms with van der Waals surface area (Å²) in [5, 5.41) is 13.7. The van der Waals surface area contributed by atoms with Gasteiger partial charge in [-0.2, -0.15) is 5.09 Å². The third-order valence-corrected chi connectivity index (χ3v) is 8.17. The minimum Gasteiger partial charge on any atom is -0.468 e. The minimum absolute atomic E-state index is 0.0476. The molecule has 1 aliphatic rings. The molecular weight excluding hydrogens is 563 g/mol. The van der Waals surface area contributed by atoms with Gasteiger partial charge in [-0.3, -0.25) is 9.32 Å². The first-order chi connectivity index (χ1) is 19.3. The van der Waals surface area contributed by atoms with Crippen LogP contribution in [0.5, 0.6) is 5.75 Å². The Bertz CT molecular complexity index is 1510. The van der Waals surface area contributed by atoms with Crippen LogP contribution in [0.4, 0.5) is 14.6 Å². The third-order valence-electron chi connectivity index (χ3n) is 6.63. The van der Waals surface area contributed by atoms with E-state index in [9.17, 15) is 18.9 Å². The number of ether oxygens (including phenoxy) is 2. The lowest BCUT2D eigenvalue weighted by molar-refractivity contribution is -0.143. The number of hydrogen-bond acceptors (Lipinski definition) is 10. The van der Waals surface area contributed by atoms with Gasteiger partial charge in [0.1, 0.15) is 47.6 Å². The quantitative estimate of drug-likeness (QED) is 0.180. The highest BCUT2D eigenvalue weighted by atomic mass is 31.2. The van der Waals surface area contributed by atoms with Crippen LogP contribution in [0.15, 0.2) is 36.8 Å². The first-order valence-electron chi connectivity index (χ1n) is 12.5. The summed E-state index contributed by atoms with van der Waals surface area (Å²) in [7, 11) is -3.29. The van der Waals surface area contributed by atoms with E-state index >= 15 is 4.39 Å². The number of esters is 1. The van der Waals surface area contributed by atoms with Crippen molar-refractivity contribution in [3.8, 4) is 18.1 Å². The number of nitrogens with zero attached hydrogens (tertiary/aromatic N) is 3. The molecule has 3 aromatic rings. The van der Waals surface area contributed by atoms with E-state index in [0.29, 0.717) is 5.39 Å². The molecule has 0 spiro atoms. The Morgan fingerprint density at radius 1 is 1.37 bits per heavy atom. The molecule has 2 unspecified atom stereocenters. The van der Waals surface area contributed by atoms with Gasteiger partial charge in [0.15, 0.2) is 11.9 Å². The van der Waals surface area contributed by atoms with E-state index in [1.165, 1.54) is 29.2 Å². The highest BCUT2D eigenvalue weighted by Gasteiger charge is 2.56. The summed E-state index contributed by atoms with van der Waals surface area (Å²) in [5.74, 6) is 0.743. The lowest BCUT2D eigenvalue weighted by Crippen LogP contribution is -2.43. The van der Waals surface area contributed by atoms with Crippen LogP contribution >= 0.6 is 7.75 Å². The van der Waals surface area contributed by atoms with E-state index in [-0.39, 0.29) is 22.8 Å². The van der Waals surface area contributed by atoms with Gasteiger partial charge in [0.05, 0.1) is 24.7 Å². The summed E-state index contributed by atoms with van der Waals surface area (Å²) >= 11 is 0. The number of carbonyl (C=O) groups is 1. The molecule has 4 rings (SSSR count). The monoisotopic (exact) mass is 593 g/mol. The van der Waals surface area contributed by atoms with E-state index in [0.717, 1.165) is 26.2 Å². The number of aliphatic hydroxyl groups excluding tert-OH is 1. The summed E-state index contributed by atoms with van der Waals surface area (Å²) in [4.78, 5) is 20.4. The van der Waals surface area contributed by atoms with Gasteiger partial charge in [-0.15, -0.1) is 6.42 Å². The van der Waals surface area contributed by atoms with E-state index in [1.807, 2.05) is 0 Å². The second-order valence-electron chi connectivity index (χ2n) is 9.89. The fourth-order valence-corrected chi connectivity index (χ4v) is 6.08. The van der Waals surface area contributed by atoms with Crippen LogP contribution in [0.1, 0.15) is 32.6 Å². The van der Waals surface area contributed by atoms with Gasteiger partial charge in [0.25, 0.3) is 0 Å². The Balaban J connectivity index is 1.62. The number of hydrogen-bond donors (Lipinski definition) is 3. The number of methoxy groups -OCH3 is 1. The Hall–Kier alpha value is -3.60. The molecule has 41 heavy (non-hydrogen) atoms. The Kier molecular flexibility index (Phi) is 8.67. The van der Waals surface area contributed by atoms with E-state index in [1.54, 1.807) is 13.8 Å². The molecule has 15 heteroatoms. The van der Waals surface area contributed by atoms with Gasteiger partial charge in [0, 0.05) is 6.20 Å². The number of nitrogens with one attached hydrogen (secondary N) is 1. The smallest absolute Gasteiger partial charge is 0.459 e. The van der Waals surface area contributed by atoms with Crippen molar-refractivity contribution in [3.63, 3.8) is 0 Å². The van der Waals surface area contributed by atoms with Crippen LogP contribution in [0.2, 0.25) is 0 Å². The maximum Gasteiger partial charge on any atom is 0.459 e. The fraction of sp³-hybridized carbons (Fsp3) is 0.423. The Morgan fingerprint density at radius 2 is 2.05 bits per heavy atom. The number of anilines is 1. The maximum absolute atomic E-state index is 16.0. The topological polar surface area (TPSA) is 160 Å². The SMILES string of the molecule is C#Cc1cn([C@@H]2O[C@H](COP(=O)(NC(C(=O)OC)C(C)C)Oc3ccc(F)cc3)[C@@H](O)[C@@]2(C)F)c2ncnc(N)c12. The van der Waals surface area contributed by atoms with Crippen LogP contribution in [-0.4, -0.2) is 63.2 Å². The molecule has 3 heterocycles. The van der Waals surface area contributed by atoms with Gasteiger partial charge in [-0.05, 0) is 37.1 Å². The van der Waals surface area contributed by atoms with Gasteiger partial charge in [-0.1, -0.05) is 19.8 Å².